The van der Waals surface area contributed by atoms with Gasteiger partial charge in [0, 0.05) is 24.8 Å². The zero-order chi connectivity index (χ0) is 11.5. The van der Waals surface area contributed by atoms with Gasteiger partial charge < -0.3 is 10.0 Å². The maximum absolute atomic E-state index is 9.16. The standard InChI is InChI=1S/C12H17ClN2O/c1-15(10-4-2-3-5-10)12-6-9(8-16)11(13)7-14-12/h6-7,10,16H,2-5,8H2,1H3. The third-order valence-electron chi connectivity index (χ3n) is 3.32. The first-order chi connectivity index (χ1) is 7.72. The molecule has 0 aliphatic heterocycles. The highest BCUT2D eigenvalue weighted by atomic mass is 35.5. The van der Waals surface area contributed by atoms with Crippen LogP contribution in [-0.2, 0) is 6.61 Å². The molecule has 1 N–H and O–H groups in total. The lowest BCUT2D eigenvalue weighted by molar-refractivity contribution is 0.282. The number of rotatable bonds is 3. The number of hydrogen-bond acceptors (Lipinski definition) is 3. The Labute approximate surface area is 101 Å². The van der Waals surface area contributed by atoms with Crippen molar-refractivity contribution in [2.45, 2.75) is 38.3 Å². The fraction of sp³-hybridized carbons (Fsp3) is 0.583. The Morgan fingerprint density at radius 2 is 2.19 bits per heavy atom. The summed E-state index contributed by atoms with van der Waals surface area (Å²) in [6.45, 7) is -0.0349. The third kappa shape index (κ3) is 2.30. The summed E-state index contributed by atoms with van der Waals surface area (Å²) in [7, 11) is 2.06. The van der Waals surface area contributed by atoms with Gasteiger partial charge in [-0.1, -0.05) is 24.4 Å². The van der Waals surface area contributed by atoms with E-state index in [4.69, 9.17) is 16.7 Å². The topological polar surface area (TPSA) is 36.4 Å². The van der Waals surface area contributed by atoms with E-state index in [0.717, 1.165) is 11.4 Å². The molecule has 1 heterocycles. The van der Waals surface area contributed by atoms with Crippen molar-refractivity contribution >= 4 is 17.4 Å². The molecule has 1 aliphatic rings. The number of halogens is 1. The van der Waals surface area contributed by atoms with Gasteiger partial charge in [0.2, 0.25) is 0 Å². The first-order valence-electron chi connectivity index (χ1n) is 5.70. The van der Waals surface area contributed by atoms with Gasteiger partial charge in [-0.3, -0.25) is 0 Å². The molecular formula is C12H17ClN2O. The Bertz CT molecular complexity index is 364. The quantitative estimate of drug-likeness (QED) is 0.883. The van der Waals surface area contributed by atoms with Gasteiger partial charge in [-0.05, 0) is 18.9 Å². The molecule has 16 heavy (non-hydrogen) atoms. The normalized spacial score (nSPS) is 16.7. The molecule has 0 saturated heterocycles. The fourth-order valence-corrected chi connectivity index (χ4v) is 2.42. The SMILES string of the molecule is CN(c1cc(CO)c(Cl)cn1)C1CCCC1. The van der Waals surface area contributed by atoms with Crippen molar-refractivity contribution in [2.24, 2.45) is 0 Å². The molecule has 1 aromatic heterocycles. The number of hydrogen-bond donors (Lipinski definition) is 1. The number of aliphatic hydroxyl groups is 1. The fourth-order valence-electron chi connectivity index (χ4n) is 2.26. The minimum absolute atomic E-state index is 0.0349. The van der Waals surface area contributed by atoms with Crippen molar-refractivity contribution in [1.29, 1.82) is 0 Å². The minimum atomic E-state index is -0.0349. The maximum Gasteiger partial charge on any atom is 0.128 e. The zero-order valence-electron chi connectivity index (χ0n) is 9.49. The van der Waals surface area contributed by atoms with E-state index < -0.39 is 0 Å². The second-order valence-electron chi connectivity index (χ2n) is 4.34. The first kappa shape index (κ1) is 11.7. The molecule has 0 spiro atoms. The van der Waals surface area contributed by atoms with Crippen LogP contribution in [0.5, 0.6) is 0 Å². The van der Waals surface area contributed by atoms with E-state index in [9.17, 15) is 0 Å². The number of anilines is 1. The summed E-state index contributed by atoms with van der Waals surface area (Å²) in [6.07, 6.45) is 6.68. The van der Waals surface area contributed by atoms with Gasteiger partial charge in [0.05, 0.1) is 11.6 Å². The van der Waals surface area contributed by atoms with Gasteiger partial charge in [-0.15, -0.1) is 0 Å². The molecule has 88 valence electrons. The van der Waals surface area contributed by atoms with Crippen LogP contribution in [0.4, 0.5) is 5.82 Å². The van der Waals surface area contributed by atoms with Crippen LogP contribution in [0.3, 0.4) is 0 Å². The lowest BCUT2D eigenvalue weighted by Crippen LogP contribution is -2.29. The molecule has 0 unspecified atom stereocenters. The summed E-state index contributed by atoms with van der Waals surface area (Å²) >= 11 is 5.92. The second kappa shape index (κ2) is 5.02. The first-order valence-corrected chi connectivity index (χ1v) is 6.08. The Balaban J connectivity index is 2.19. The van der Waals surface area contributed by atoms with Gasteiger partial charge in [-0.25, -0.2) is 4.98 Å². The second-order valence-corrected chi connectivity index (χ2v) is 4.75. The maximum atomic E-state index is 9.16. The van der Waals surface area contributed by atoms with Crippen molar-refractivity contribution in [1.82, 2.24) is 4.98 Å². The van der Waals surface area contributed by atoms with Gasteiger partial charge in [0.15, 0.2) is 0 Å². The highest BCUT2D eigenvalue weighted by Crippen LogP contribution is 2.27. The smallest absolute Gasteiger partial charge is 0.128 e. The van der Waals surface area contributed by atoms with E-state index in [0.29, 0.717) is 11.1 Å². The molecule has 0 atom stereocenters. The molecule has 1 aromatic rings. The van der Waals surface area contributed by atoms with Crippen LogP contribution in [0, 0.1) is 0 Å². The summed E-state index contributed by atoms with van der Waals surface area (Å²) < 4.78 is 0. The predicted molar refractivity (Wildman–Crippen MR) is 65.8 cm³/mol. The molecule has 0 aromatic carbocycles. The Morgan fingerprint density at radius 1 is 1.50 bits per heavy atom. The lowest BCUT2D eigenvalue weighted by atomic mass is 10.2. The van der Waals surface area contributed by atoms with Crippen molar-refractivity contribution in [3.63, 3.8) is 0 Å². The van der Waals surface area contributed by atoms with Gasteiger partial charge in [0.1, 0.15) is 5.82 Å². The van der Waals surface area contributed by atoms with Crippen LogP contribution >= 0.6 is 11.6 Å². The summed E-state index contributed by atoms with van der Waals surface area (Å²) in [4.78, 5) is 6.51. The van der Waals surface area contributed by atoms with Crippen molar-refractivity contribution in [3.05, 3.63) is 22.8 Å². The average Bonchev–Trinajstić information content (AvgIpc) is 2.82. The molecule has 2 rings (SSSR count). The van der Waals surface area contributed by atoms with Crippen LogP contribution in [0.1, 0.15) is 31.2 Å². The molecule has 0 radical (unpaired) electrons. The predicted octanol–water partition coefficient (Wildman–Crippen LogP) is 2.61. The molecule has 1 aliphatic carbocycles. The third-order valence-corrected chi connectivity index (χ3v) is 3.66. The van der Waals surface area contributed by atoms with Crippen LogP contribution in [0.15, 0.2) is 12.3 Å². The molecule has 1 fully saturated rings. The van der Waals surface area contributed by atoms with E-state index in [1.807, 2.05) is 6.07 Å². The lowest BCUT2D eigenvalue weighted by Gasteiger charge is -2.25. The van der Waals surface area contributed by atoms with E-state index in [-0.39, 0.29) is 6.61 Å². The van der Waals surface area contributed by atoms with Crippen LogP contribution < -0.4 is 4.90 Å². The number of nitrogens with zero attached hydrogens (tertiary/aromatic N) is 2. The zero-order valence-corrected chi connectivity index (χ0v) is 10.2. The molecule has 4 heteroatoms. The summed E-state index contributed by atoms with van der Waals surface area (Å²) in [5.41, 5.74) is 0.747. The van der Waals surface area contributed by atoms with Gasteiger partial charge in [-0.2, -0.15) is 0 Å². The van der Waals surface area contributed by atoms with Crippen LogP contribution in [0.2, 0.25) is 5.02 Å². The molecule has 3 nitrogen and oxygen atoms in total. The average molecular weight is 241 g/mol. The highest BCUT2D eigenvalue weighted by molar-refractivity contribution is 6.31. The summed E-state index contributed by atoms with van der Waals surface area (Å²) in [6, 6.07) is 2.46. The van der Waals surface area contributed by atoms with E-state index in [1.54, 1.807) is 6.20 Å². The van der Waals surface area contributed by atoms with Gasteiger partial charge >= 0.3 is 0 Å². The minimum Gasteiger partial charge on any atom is -0.392 e. The van der Waals surface area contributed by atoms with Crippen LogP contribution in [0.25, 0.3) is 0 Å². The Morgan fingerprint density at radius 3 is 2.81 bits per heavy atom. The summed E-state index contributed by atoms with van der Waals surface area (Å²) in [5, 5.41) is 9.69. The number of aliphatic hydroxyl groups excluding tert-OH is 1. The van der Waals surface area contributed by atoms with Crippen molar-refractivity contribution < 1.29 is 5.11 Å². The van der Waals surface area contributed by atoms with Gasteiger partial charge in [0.25, 0.3) is 0 Å². The van der Waals surface area contributed by atoms with Crippen molar-refractivity contribution in [3.8, 4) is 0 Å². The monoisotopic (exact) mass is 240 g/mol. The number of aromatic nitrogens is 1. The Hall–Kier alpha value is -0.800. The Kier molecular flexibility index (Phi) is 3.66. The molecular weight excluding hydrogens is 224 g/mol. The van der Waals surface area contributed by atoms with E-state index >= 15 is 0 Å². The number of pyridine rings is 1. The molecule has 0 bridgehead atoms. The van der Waals surface area contributed by atoms with E-state index in [2.05, 4.69) is 16.9 Å². The van der Waals surface area contributed by atoms with Crippen molar-refractivity contribution in [2.75, 3.05) is 11.9 Å². The molecule has 0 amide bonds. The summed E-state index contributed by atoms with van der Waals surface area (Å²) in [5.74, 6) is 0.903. The largest absolute Gasteiger partial charge is 0.392 e. The highest BCUT2D eigenvalue weighted by Gasteiger charge is 2.20. The van der Waals surface area contributed by atoms with E-state index in [1.165, 1.54) is 25.7 Å². The molecule has 1 saturated carbocycles. The van der Waals surface area contributed by atoms with Crippen LogP contribution in [-0.4, -0.2) is 23.2 Å².